The van der Waals surface area contributed by atoms with Crippen LogP contribution >= 0.6 is 11.8 Å². The van der Waals surface area contributed by atoms with Gasteiger partial charge in [-0.25, -0.2) is 9.37 Å². The van der Waals surface area contributed by atoms with Gasteiger partial charge in [0.25, 0.3) is 5.56 Å². The highest BCUT2D eigenvalue weighted by Gasteiger charge is 2.16. The van der Waals surface area contributed by atoms with Gasteiger partial charge in [-0.1, -0.05) is 48.2 Å². The summed E-state index contributed by atoms with van der Waals surface area (Å²) in [6.07, 6.45) is 2.66. The van der Waals surface area contributed by atoms with Crippen molar-refractivity contribution in [2.75, 3.05) is 12.3 Å². The third-order valence-corrected chi connectivity index (χ3v) is 6.82. The normalized spacial score (nSPS) is 11.3. The second kappa shape index (κ2) is 9.76. The molecule has 0 aliphatic carbocycles. The number of nitrogens with zero attached hydrogens (tertiary/aromatic N) is 2. The van der Waals surface area contributed by atoms with Crippen LogP contribution < -0.4 is 10.9 Å². The van der Waals surface area contributed by atoms with Crippen molar-refractivity contribution < 1.29 is 9.18 Å². The first-order chi connectivity index (χ1) is 17.0. The van der Waals surface area contributed by atoms with E-state index >= 15 is 0 Å². The predicted octanol–water partition coefficient (Wildman–Crippen LogP) is 4.77. The molecule has 0 saturated heterocycles. The molecule has 0 fully saturated rings. The average Bonchev–Trinajstić information content (AvgIpc) is 3.28. The first-order valence-electron chi connectivity index (χ1n) is 11.2. The van der Waals surface area contributed by atoms with Crippen molar-refractivity contribution in [3.8, 4) is 5.69 Å². The molecular weight excluding hydrogens is 463 g/mol. The van der Waals surface area contributed by atoms with Crippen LogP contribution in [0.15, 0.2) is 82.9 Å². The summed E-state index contributed by atoms with van der Waals surface area (Å²) < 4.78 is 15.7. The van der Waals surface area contributed by atoms with Crippen molar-refractivity contribution in [2.45, 2.75) is 18.5 Å². The van der Waals surface area contributed by atoms with Gasteiger partial charge in [0, 0.05) is 23.6 Å². The number of para-hydroxylation sites is 2. The third kappa shape index (κ3) is 4.70. The van der Waals surface area contributed by atoms with Crippen LogP contribution in [-0.2, 0) is 11.2 Å². The minimum absolute atomic E-state index is 0.0764. The Morgan fingerprint density at radius 3 is 2.69 bits per heavy atom. The molecule has 0 radical (unpaired) electrons. The average molecular weight is 487 g/mol. The Morgan fingerprint density at radius 2 is 1.86 bits per heavy atom. The van der Waals surface area contributed by atoms with Crippen LogP contribution in [0.4, 0.5) is 4.39 Å². The largest absolute Gasteiger partial charge is 0.361 e. The van der Waals surface area contributed by atoms with E-state index in [4.69, 9.17) is 0 Å². The van der Waals surface area contributed by atoms with E-state index in [-0.39, 0.29) is 17.2 Å². The van der Waals surface area contributed by atoms with Crippen LogP contribution in [0.25, 0.3) is 27.5 Å². The highest BCUT2D eigenvalue weighted by Crippen LogP contribution is 2.23. The predicted molar refractivity (Wildman–Crippen MR) is 138 cm³/mol. The van der Waals surface area contributed by atoms with Crippen molar-refractivity contribution in [3.05, 3.63) is 100 Å². The molecule has 2 aromatic heterocycles. The molecule has 0 aliphatic rings. The monoisotopic (exact) mass is 486 g/mol. The van der Waals surface area contributed by atoms with Crippen molar-refractivity contribution in [2.24, 2.45) is 0 Å². The first kappa shape index (κ1) is 22.9. The summed E-state index contributed by atoms with van der Waals surface area (Å²) in [5.41, 5.74) is 3.29. The number of carbonyl (C=O) groups is 1. The number of rotatable bonds is 7. The van der Waals surface area contributed by atoms with Crippen LogP contribution in [0.1, 0.15) is 11.1 Å². The first-order valence-corrected chi connectivity index (χ1v) is 12.2. The van der Waals surface area contributed by atoms with E-state index in [0.29, 0.717) is 40.3 Å². The van der Waals surface area contributed by atoms with Gasteiger partial charge in [0.1, 0.15) is 5.82 Å². The highest BCUT2D eigenvalue weighted by atomic mass is 32.2. The molecule has 1 amide bonds. The molecule has 6 nitrogen and oxygen atoms in total. The summed E-state index contributed by atoms with van der Waals surface area (Å²) in [4.78, 5) is 33.7. The zero-order valence-electron chi connectivity index (χ0n) is 19.0. The summed E-state index contributed by atoms with van der Waals surface area (Å²) in [6.45, 7) is 2.15. The number of amides is 1. The summed E-state index contributed by atoms with van der Waals surface area (Å²) in [7, 11) is 0. The molecule has 0 atom stereocenters. The number of aromatic amines is 1. The van der Waals surface area contributed by atoms with Gasteiger partial charge < -0.3 is 10.3 Å². The second-order valence-corrected chi connectivity index (χ2v) is 9.18. The Hall–Kier alpha value is -3.91. The van der Waals surface area contributed by atoms with Gasteiger partial charge in [0.15, 0.2) is 5.16 Å². The molecular formula is C27H23FN4O2S. The quantitative estimate of drug-likeness (QED) is 0.257. The molecule has 0 spiro atoms. The van der Waals surface area contributed by atoms with E-state index in [1.807, 2.05) is 24.4 Å². The third-order valence-electron chi connectivity index (χ3n) is 5.88. The van der Waals surface area contributed by atoms with Crippen molar-refractivity contribution in [1.29, 1.82) is 0 Å². The van der Waals surface area contributed by atoms with Crippen molar-refractivity contribution >= 4 is 39.5 Å². The fraction of sp³-hybridized carbons (Fsp3) is 0.148. The zero-order chi connectivity index (χ0) is 24.4. The highest BCUT2D eigenvalue weighted by molar-refractivity contribution is 7.99. The van der Waals surface area contributed by atoms with Gasteiger partial charge in [-0.05, 0) is 54.8 Å². The Kier molecular flexibility index (Phi) is 6.37. The smallest absolute Gasteiger partial charge is 0.266 e. The van der Waals surface area contributed by atoms with E-state index in [0.717, 1.165) is 28.2 Å². The molecule has 0 aliphatic heterocycles. The number of hydrogen-bond donors (Lipinski definition) is 2. The molecule has 0 saturated carbocycles. The van der Waals surface area contributed by atoms with E-state index in [9.17, 15) is 14.0 Å². The summed E-state index contributed by atoms with van der Waals surface area (Å²) in [5, 5.41) is 4.85. The SMILES string of the molecule is Cc1ccc(-n2c(SCC(=O)NCCc3c[nH]c4ccccc34)nc3ccccc3c2=O)cc1F. The van der Waals surface area contributed by atoms with E-state index < -0.39 is 5.82 Å². The molecule has 176 valence electrons. The molecule has 2 N–H and O–H groups in total. The Morgan fingerprint density at radius 1 is 1.09 bits per heavy atom. The molecule has 3 aromatic carbocycles. The van der Waals surface area contributed by atoms with Crippen molar-refractivity contribution in [1.82, 2.24) is 19.9 Å². The summed E-state index contributed by atoms with van der Waals surface area (Å²) >= 11 is 1.15. The van der Waals surface area contributed by atoms with Gasteiger partial charge in [-0.2, -0.15) is 0 Å². The van der Waals surface area contributed by atoms with Gasteiger partial charge in [-0.3, -0.25) is 14.2 Å². The Bertz CT molecular complexity index is 1610. The summed E-state index contributed by atoms with van der Waals surface area (Å²) in [5.74, 6) is -0.500. The van der Waals surface area contributed by atoms with Gasteiger partial charge in [-0.15, -0.1) is 0 Å². The Balaban J connectivity index is 1.34. The zero-order valence-corrected chi connectivity index (χ0v) is 19.9. The lowest BCUT2D eigenvalue weighted by molar-refractivity contribution is -0.118. The van der Waals surface area contributed by atoms with Crippen LogP contribution in [0, 0.1) is 12.7 Å². The lowest BCUT2D eigenvalue weighted by Crippen LogP contribution is -2.28. The minimum atomic E-state index is -0.409. The number of thioether (sulfide) groups is 1. The van der Waals surface area contributed by atoms with E-state index in [1.165, 1.54) is 10.6 Å². The van der Waals surface area contributed by atoms with Crippen LogP contribution in [0.2, 0.25) is 0 Å². The number of benzene rings is 3. The summed E-state index contributed by atoms with van der Waals surface area (Å²) in [6, 6.07) is 19.7. The Labute approximate surface area is 205 Å². The van der Waals surface area contributed by atoms with Crippen LogP contribution in [0.3, 0.4) is 0 Å². The minimum Gasteiger partial charge on any atom is -0.361 e. The number of carbonyl (C=O) groups excluding carboxylic acids is 1. The van der Waals surface area contributed by atoms with Crippen LogP contribution in [0.5, 0.6) is 0 Å². The molecule has 35 heavy (non-hydrogen) atoms. The molecule has 2 heterocycles. The number of halogens is 1. The van der Waals surface area contributed by atoms with Crippen molar-refractivity contribution in [3.63, 3.8) is 0 Å². The second-order valence-electron chi connectivity index (χ2n) is 8.23. The number of fused-ring (bicyclic) bond motifs is 2. The van der Waals surface area contributed by atoms with Crippen LogP contribution in [-0.4, -0.2) is 32.7 Å². The number of aryl methyl sites for hydroxylation is 1. The lowest BCUT2D eigenvalue weighted by atomic mass is 10.1. The molecule has 5 aromatic rings. The molecule has 5 rings (SSSR count). The number of hydrogen-bond acceptors (Lipinski definition) is 4. The molecule has 0 bridgehead atoms. The molecule has 0 unspecified atom stereocenters. The standard InChI is InChI=1S/C27H23FN4O2S/c1-17-10-11-19(14-22(17)28)32-26(34)21-7-3-5-9-24(21)31-27(32)35-16-25(33)29-13-12-18-15-30-23-8-4-2-6-20(18)23/h2-11,14-15,30H,12-13,16H2,1H3,(H,29,33). The topological polar surface area (TPSA) is 79.8 Å². The van der Waals surface area contributed by atoms with Gasteiger partial charge in [0.2, 0.25) is 5.91 Å². The van der Waals surface area contributed by atoms with E-state index in [2.05, 4.69) is 21.4 Å². The molecule has 8 heteroatoms. The van der Waals surface area contributed by atoms with Gasteiger partial charge in [0.05, 0.1) is 22.3 Å². The lowest BCUT2D eigenvalue weighted by Gasteiger charge is -2.14. The maximum Gasteiger partial charge on any atom is 0.266 e. The maximum atomic E-state index is 14.3. The number of H-pyrrole nitrogens is 1. The fourth-order valence-electron chi connectivity index (χ4n) is 4.01. The number of nitrogens with one attached hydrogen (secondary N) is 2. The van der Waals surface area contributed by atoms with Gasteiger partial charge >= 0.3 is 0 Å². The maximum absolute atomic E-state index is 14.3. The fourth-order valence-corrected chi connectivity index (χ4v) is 4.86. The van der Waals surface area contributed by atoms with E-state index in [1.54, 1.807) is 43.3 Å². The number of aromatic nitrogens is 3.